The standard InChI is InChI=1S/C10H10N4O/c1-7-2-3-8(4-12-7)15-10-6-13-9(11)5-14-10/h2-6H,1H3,(H2,11,13). The summed E-state index contributed by atoms with van der Waals surface area (Å²) in [4.78, 5) is 11.9. The van der Waals surface area contributed by atoms with Gasteiger partial charge in [0.05, 0.1) is 18.6 Å². The Bertz CT molecular complexity index is 394. The van der Waals surface area contributed by atoms with Crippen molar-refractivity contribution in [3.8, 4) is 11.6 Å². The van der Waals surface area contributed by atoms with E-state index >= 15 is 0 Å². The minimum Gasteiger partial charge on any atom is -0.436 e. The minimum atomic E-state index is 0.365. The van der Waals surface area contributed by atoms with E-state index in [1.807, 2.05) is 19.1 Å². The first-order valence-corrected chi connectivity index (χ1v) is 4.42. The average molecular weight is 202 g/mol. The highest BCUT2D eigenvalue weighted by molar-refractivity contribution is 5.28. The van der Waals surface area contributed by atoms with Crippen LogP contribution in [0.25, 0.3) is 0 Å². The molecule has 0 saturated carbocycles. The summed E-state index contributed by atoms with van der Waals surface area (Å²) in [5.41, 5.74) is 6.33. The van der Waals surface area contributed by atoms with E-state index in [4.69, 9.17) is 10.5 Å². The van der Waals surface area contributed by atoms with Crippen molar-refractivity contribution in [2.24, 2.45) is 0 Å². The fourth-order valence-corrected chi connectivity index (χ4v) is 1.01. The number of rotatable bonds is 2. The zero-order chi connectivity index (χ0) is 10.7. The van der Waals surface area contributed by atoms with Gasteiger partial charge in [0.15, 0.2) is 0 Å². The molecule has 0 unspecified atom stereocenters. The Kier molecular flexibility index (Phi) is 2.45. The van der Waals surface area contributed by atoms with Gasteiger partial charge in [-0.05, 0) is 19.1 Å². The van der Waals surface area contributed by atoms with Gasteiger partial charge in [-0.25, -0.2) is 9.97 Å². The second kappa shape index (κ2) is 3.91. The molecule has 2 N–H and O–H groups in total. The number of aromatic nitrogens is 3. The van der Waals surface area contributed by atoms with Crippen LogP contribution in [0, 0.1) is 6.92 Å². The highest BCUT2D eigenvalue weighted by Gasteiger charge is 1.98. The lowest BCUT2D eigenvalue weighted by Crippen LogP contribution is -1.94. The maximum absolute atomic E-state index is 5.40. The Morgan fingerprint density at radius 1 is 1.07 bits per heavy atom. The Labute approximate surface area is 87.0 Å². The highest BCUT2D eigenvalue weighted by Crippen LogP contribution is 2.17. The first kappa shape index (κ1) is 9.39. The molecule has 15 heavy (non-hydrogen) atoms. The van der Waals surface area contributed by atoms with Crippen molar-refractivity contribution >= 4 is 5.82 Å². The average Bonchev–Trinajstić information content (AvgIpc) is 2.25. The molecular weight excluding hydrogens is 192 g/mol. The summed E-state index contributed by atoms with van der Waals surface area (Å²) in [5.74, 6) is 1.39. The van der Waals surface area contributed by atoms with Gasteiger partial charge in [0.25, 0.3) is 0 Å². The molecule has 2 aromatic heterocycles. The molecule has 0 fully saturated rings. The fraction of sp³-hybridized carbons (Fsp3) is 0.100. The van der Waals surface area contributed by atoms with Crippen LogP contribution in [0.4, 0.5) is 5.82 Å². The van der Waals surface area contributed by atoms with Crippen molar-refractivity contribution in [1.29, 1.82) is 0 Å². The highest BCUT2D eigenvalue weighted by atomic mass is 16.5. The molecule has 0 spiro atoms. The van der Waals surface area contributed by atoms with Crippen LogP contribution >= 0.6 is 0 Å². The third-order valence-corrected chi connectivity index (χ3v) is 1.75. The van der Waals surface area contributed by atoms with Crippen molar-refractivity contribution in [3.05, 3.63) is 36.4 Å². The third kappa shape index (κ3) is 2.40. The predicted molar refractivity (Wildman–Crippen MR) is 55.5 cm³/mol. The van der Waals surface area contributed by atoms with Gasteiger partial charge in [-0.3, -0.25) is 4.98 Å². The Morgan fingerprint density at radius 2 is 1.93 bits per heavy atom. The van der Waals surface area contributed by atoms with Crippen molar-refractivity contribution in [2.45, 2.75) is 6.92 Å². The predicted octanol–water partition coefficient (Wildman–Crippen LogP) is 1.55. The first-order chi connectivity index (χ1) is 7.24. The van der Waals surface area contributed by atoms with Gasteiger partial charge >= 0.3 is 0 Å². The lowest BCUT2D eigenvalue weighted by Gasteiger charge is -2.03. The molecule has 0 aliphatic heterocycles. The number of nitrogen functional groups attached to an aromatic ring is 1. The quantitative estimate of drug-likeness (QED) is 0.799. The maximum Gasteiger partial charge on any atom is 0.238 e. The summed E-state index contributed by atoms with van der Waals surface area (Å²) < 4.78 is 5.40. The molecule has 5 heteroatoms. The normalized spacial score (nSPS) is 9.93. The minimum absolute atomic E-state index is 0.365. The number of nitrogens with zero attached hydrogens (tertiary/aromatic N) is 3. The van der Waals surface area contributed by atoms with E-state index in [9.17, 15) is 0 Å². The van der Waals surface area contributed by atoms with Crippen molar-refractivity contribution in [2.75, 3.05) is 5.73 Å². The maximum atomic E-state index is 5.40. The van der Waals surface area contributed by atoms with Crippen LogP contribution in [0.2, 0.25) is 0 Å². The Balaban J connectivity index is 2.15. The summed E-state index contributed by atoms with van der Waals surface area (Å²) in [6, 6.07) is 3.68. The molecule has 0 amide bonds. The van der Waals surface area contributed by atoms with Gasteiger partial charge in [0, 0.05) is 5.69 Å². The molecule has 0 saturated heterocycles. The molecule has 0 aliphatic carbocycles. The number of hydrogen-bond acceptors (Lipinski definition) is 5. The molecule has 0 atom stereocenters. The van der Waals surface area contributed by atoms with Crippen LogP contribution < -0.4 is 10.5 Å². The lowest BCUT2D eigenvalue weighted by atomic mass is 10.4. The van der Waals surface area contributed by atoms with E-state index in [1.54, 1.807) is 6.20 Å². The smallest absolute Gasteiger partial charge is 0.238 e. The number of aryl methyl sites for hydroxylation is 1. The van der Waals surface area contributed by atoms with E-state index in [0.717, 1.165) is 5.69 Å². The van der Waals surface area contributed by atoms with Crippen LogP contribution in [-0.4, -0.2) is 15.0 Å². The molecule has 76 valence electrons. The van der Waals surface area contributed by atoms with E-state index < -0.39 is 0 Å². The van der Waals surface area contributed by atoms with Gasteiger partial charge in [-0.1, -0.05) is 0 Å². The van der Waals surface area contributed by atoms with Crippen LogP contribution in [0.3, 0.4) is 0 Å². The molecule has 2 rings (SSSR count). The van der Waals surface area contributed by atoms with Crippen LogP contribution in [-0.2, 0) is 0 Å². The van der Waals surface area contributed by atoms with Gasteiger partial charge < -0.3 is 10.5 Å². The van der Waals surface area contributed by atoms with E-state index in [2.05, 4.69) is 15.0 Å². The first-order valence-electron chi connectivity index (χ1n) is 4.42. The Hall–Kier alpha value is -2.17. The molecule has 0 radical (unpaired) electrons. The molecule has 0 aromatic carbocycles. The number of anilines is 1. The molecule has 2 heterocycles. The Morgan fingerprint density at radius 3 is 2.53 bits per heavy atom. The van der Waals surface area contributed by atoms with Gasteiger partial charge in [0.1, 0.15) is 11.6 Å². The summed E-state index contributed by atoms with van der Waals surface area (Å²) >= 11 is 0. The van der Waals surface area contributed by atoms with Gasteiger partial charge in [-0.2, -0.15) is 0 Å². The second-order valence-corrected chi connectivity index (χ2v) is 3.02. The summed E-state index contributed by atoms with van der Waals surface area (Å²) in [6.07, 6.45) is 4.54. The van der Waals surface area contributed by atoms with Crippen LogP contribution in [0.15, 0.2) is 30.7 Å². The topological polar surface area (TPSA) is 73.9 Å². The summed E-state index contributed by atoms with van der Waals surface area (Å²) in [6.45, 7) is 1.91. The zero-order valence-electron chi connectivity index (χ0n) is 8.21. The number of pyridine rings is 1. The van der Waals surface area contributed by atoms with Crippen molar-refractivity contribution in [3.63, 3.8) is 0 Å². The SMILES string of the molecule is Cc1ccc(Oc2cnc(N)cn2)cn1. The summed E-state index contributed by atoms with van der Waals surface area (Å²) in [7, 11) is 0. The summed E-state index contributed by atoms with van der Waals surface area (Å²) in [5, 5.41) is 0. The van der Waals surface area contributed by atoms with Gasteiger partial charge in [0.2, 0.25) is 5.88 Å². The largest absolute Gasteiger partial charge is 0.436 e. The third-order valence-electron chi connectivity index (χ3n) is 1.75. The number of ether oxygens (including phenoxy) is 1. The zero-order valence-corrected chi connectivity index (χ0v) is 8.21. The van der Waals surface area contributed by atoms with Crippen molar-refractivity contribution < 1.29 is 4.74 Å². The molecule has 0 aliphatic rings. The molecule has 2 aromatic rings. The van der Waals surface area contributed by atoms with Crippen LogP contribution in [0.5, 0.6) is 11.6 Å². The van der Waals surface area contributed by atoms with E-state index in [0.29, 0.717) is 17.4 Å². The fourth-order valence-electron chi connectivity index (χ4n) is 1.01. The molecule has 0 bridgehead atoms. The van der Waals surface area contributed by atoms with Crippen LogP contribution in [0.1, 0.15) is 5.69 Å². The second-order valence-electron chi connectivity index (χ2n) is 3.02. The molecule has 5 nitrogen and oxygen atoms in total. The molecular formula is C10H10N4O. The van der Waals surface area contributed by atoms with E-state index in [1.165, 1.54) is 12.4 Å². The van der Waals surface area contributed by atoms with Crippen molar-refractivity contribution in [1.82, 2.24) is 15.0 Å². The van der Waals surface area contributed by atoms with E-state index in [-0.39, 0.29) is 0 Å². The lowest BCUT2D eigenvalue weighted by molar-refractivity contribution is 0.458. The number of nitrogens with two attached hydrogens (primary N) is 1. The number of hydrogen-bond donors (Lipinski definition) is 1. The van der Waals surface area contributed by atoms with Gasteiger partial charge in [-0.15, -0.1) is 0 Å². The monoisotopic (exact) mass is 202 g/mol.